The Kier molecular flexibility index (Phi) is 4.76. The zero-order valence-corrected chi connectivity index (χ0v) is 12.3. The molecule has 1 heterocycles. The number of hydrogen-bond donors (Lipinski definition) is 2. The van der Waals surface area contributed by atoms with Gasteiger partial charge in [-0.1, -0.05) is 18.2 Å². The normalized spacial score (nSPS) is 13.6. The maximum atomic E-state index is 12.1. The van der Waals surface area contributed by atoms with Gasteiger partial charge in [0.25, 0.3) is 0 Å². The van der Waals surface area contributed by atoms with Crippen molar-refractivity contribution in [2.45, 2.75) is 19.0 Å². The number of rotatable bonds is 5. The molecule has 0 spiro atoms. The molecule has 2 aromatic rings. The lowest BCUT2D eigenvalue weighted by molar-refractivity contribution is -0.123. The van der Waals surface area contributed by atoms with Crippen LogP contribution in [0.15, 0.2) is 41.8 Å². The average Bonchev–Trinajstić information content (AvgIpc) is 3.00. The summed E-state index contributed by atoms with van der Waals surface area (Å²) in [5.41, 5.74) is 6.92. The second-order valence-electron chi connectivity index (χ2n) is 4.50. The molecule has 0 saturated heterocycles. The van der Waals surface area contributed by atoms with Gasteiger partial charge >= 0.3 is 0 Å². The van der Waals surface area contributed by atoms with Gasteiger partial charge in [-0.2, -0.15) is 0 Å². The number of thiophene rings is 1. The first-order valence-electron chi connectivity index (χ1n) is 6.35. The van der Waals surface area contributed by atoms with Crippen LogP contribution in [0.1, 0.15) is 29.4 Å². The van der Waals surface area contributed by atoms with Crippen LogP contribution >= 0.6 is 11.3 Å². The zero-order chi connectivity index (χ0) is 14.5. The molecule has 0 radical (unpaired) electrons. The second kappa shape index (κ2) is 6.54. The zero-order valence-electron chi connectivity index (χ0n) is 11.5. The standard InChI is InChI=1S/C15H18N2O2S/c1-10(11-5-3-6-12(9-11)19-2)17-15(18)14(16)13-7-4-8-20-13/h3-10,14H,16H2,1-2H3,(H,17,18). The lowest BCUT2D eigenvalue weighted by Gasteiger charge is -2.17. The number of nitrogens with one attached hydrogen (secondary N) is 1. The Balaban J connectivity index is 2.03. The molecule has 0 fully saturated rings. The van der Waals surface area contributed by atoms with Gasteiger partial charge in [0.1, 0.15) is 11.8 Å². The Labute approximate surface area is 122 Å². The molecule has 2 atom stereocenters. The van der Waals surface area contributed by atoms with Gasteiger partial charge < -0.3 is 15.8 Å². The molecule has 3 N–H and O–H groups in total. The van der Waals surface area contributed by atoms with Gasteiger partial charge in [0.15, 0.2) is 0 Å². The van der Waals surface area contributed by atoms with Crippen LogP contribution in [0, 0.1) is 0 Å². The van der Waals surface area contributed by atoms with Crippen molar-refractivity contribution in [1.29, 1.82) is 0 Å². The smallest absolute Gasteiger partial charge is 0.242 e. The van der Waals surface area contributed by atoms with Crippen molar-refractivity contribution in [3.05, 3.63) is 52.2 Å². The highest BCUT2D eigenvalue weighted by Gasteiger charge is 2.19. The number of amides is 1. The van der Waals surface area contributed by atoms with Crippen LogP contribution in [0.3, 0.4) is 0 Å². The van der Waals surface area contributed by atoms with E-state index in [4.69, 9.17) is 10.5 Å². The summed E-state index contributed by atoms with van der Waals surface area (Å²) in [5.74, 6) is 0.592. The molecule has 0 aliphatic heterocycles. The first-order chi connectivity index (χ1) is 9.61. The molecule has 5 heteroatoms. The molecule has 106 valence electrons. The van der Waals surface area contributed by atoms with Crippen LogP contribution in [-0.4, -0.2) is 13.0 Å². The van der Waals surface area contributed by atoms with E-state index in [2.05, 4.69) is 5.32 Å². The number of benzene rings is 1. The van der Waals surface area contributed by atoms with E-state index in [1.165, 1.54) is 11.3 Å². The van der Waals surface area contributed by atoms with Crippen LogP contribution in [0.25, 0.3) is 0 Å². The van der Waals surface area contributed by atoms with Crippen LogP contribution in [-0.2, 0) is 4.79 Å². The van der Waals surface area contributed by atoms with E-state index < -0.39 is 6.04 Å². The van der Waals surface area contributed by atoms with Crippen molar-refractivity contribution in [2.75, 3.05) is 7.11 Å². The van der Waals surface area contributed by atoms with Crippen molar-refractivity contribution in [3.63, 3.8) is 0 Å². The fourth-order valence-electron chi connectivity index (χ4n) is 1.89. The van der Waals surface area contributed by atoms with E-state index in [9.17, 15) is 4.79 Å². The maximum Gasteiger partial charge on any atom is 0.242 e. The Morgan fingerprint density at radius 3 is 2.80 bits per heavy atom. The number of hydrogen-bond acceptors (Lipinski definition) is 4. The van der Waals surface area contributed by atoms with Crippen LogP contribution in [0.5, 0.6) is 5.75 Å². The van der Waals surface area contributed by atoms with Gasteiger partial charge in [-0.3, -0.25) is 4.79 Å². The van der Waals surface area contributed by atoms with Crippen molar-refractivity contribution in [1.82, 2.24) is 5.32 Å². The molecule has 1 amide bonds. The van der Waals surface area contributed by atoms with Gasteiger partial charge in [0.2, 0.25) is 5.91 Å². The number of nitrogens with two attached hydrogens (primary N) is 1. The van der Waals surface area contributed by atoms with E-state index in [0.717, 1.165) is 16.2 Å². The largest absolute Gasteiger partial charge is 0.497 e. The molecule has 4 nitrogen and oxygen atoms in total. The van der Waals surface area contributed by atoms with E-state index in [0.29, 0.717) is 0 Å². The molecule has 2 rings (SSSR count). The third-order valence-corrected chi connectivity index (χ3v) is 4.04. The highest BCUT2D eigenvalue weighted by molar-refractivity contribution is 7.10. The van der Waals surface area contributed by atoms with Gasteiger partial charge in [-0.05, 0) is 36.1 Å². The Morgan fingerprint density at radius 1 is 1.35 bits per heavy atom. The number of ether oxygens (including phenoxy) is 1. The van der Waals surface area contributed by atoms with Crippen molar-refractivity contribution in [3.8, 4) is 5.75 Å². The van der Waals surface area contributed by atoms with E-state index in [1.807, 2.05) is 48.7 Å². The van der Waals surface area contributed by atoms with Crippen molar-refractivity contribution >= 4 is 17.2 Å². The minimum absolute atomic E-state index is 0.122. The van der Waals surface area contributed by atoms with Crippen molar-refractivity contribution < 1.29 is 9.53 Å². The third-order valence-electron chi connectivity index (χ3n) is 3.08. The van der Waals surface area contributed by atoms with Gasteiger partial charge in [0, 0.05) is 4.88 Å². The van der Waals surface area contributed by atoms with E-state index in [-0.39, 0.29) is 11.9 Å². The molecular formula is C15H18N2O2S. The summed E-state index contributed by atoms with van der Waals surface area (Å²) in [7, 11) is 1.62. The predicted octanol–water partition coefficient (Wildman–Crippen LogP) is 2.63. The lowest BCUT2D eigenvalue weighted by Crippen LogP contribution is -2.35. The van der Waals surface area contributed by atoms with Gasteiger partial charge in [0.05, 0.1) is 13.2 Å². The minimum Gasteiger partial charge on any atom is -0.497 e. The fourth-order valence-corrected chi connectivity index (χ4v) is 2.62. The topological polar surface area (TPSA) is 64.3 Å². The maximum absolute atomic E-state index is 12.1. The summed E-state index contributed by atoms with van der Waals surface area (Å²) < 4.78 is 5.18. The monoisotopic (exact) mass is 290 g/mol. The first kappa shape index (κ1) is 14.6. The summed E-state index contributed by atoms with van der Waals surface area (Å²) >= 11 is 1.48. The lowest BCUT2D eigenvalue weighted by atomic mass is 10.1. The molecule has 0 aliphatic carbocycles. The minimum atomic E-state index is -0.622. The predicted molar refractivity (Wildman–Crippen MR) is 80.8 cm³/mol. The summed E-state index contributed by atoms with van der Waals surface area (Å²) in [5, 5.41) is 4.83. The first-order valence-corrected chi connectivity index (χ1v) is 7.23. The third kappa shape index (κ3) is 3.37. The number of methoxy groups -OCH3 is 1. The summed E-state index contributed by atoms with van der Waals surface area (Å²) in [6.07, 6.45) is 0. The van der Waals surface area contributed by atoms with Crippen LogP contribution in [0.4, 0.5) is 0 Å². The average molecular weight is 290 g/mol. The molecule has 1 aromatic heterocycles. The molecular weight excluding hydrogens is 272 g/mol. The van der Waals surface area contributed by atoms with E-state index >= 15 is 0 Å². The Hall–Kier alpha value is -1.85. The van der Waals surface area contributed by atoms with Crippen LogP contribution < -0.4 is 15.8 Å². The number of carbonyl (C=O) groups is 1. The molecule has 2 unspecified atom stereocenters. The van der Waals surface area contributed by atoms with Gasteiger partial charge in [-0.25, -0.2) is 0 Å². The highest BCUT2D eigenvalue weighted by Crippen LogP contribution is 2.21. The summed E-state index contributed by atoms with van der Waals surface area (Å²) in [6.45, 7) is 1.92. The summed E-state index contributed by atoms with van der Waals surface area (Å²) in [4.78, 5) is 13.0. The number of carbonyl (C=O) groups excluding carboxylic acids is 1. The second-order valence-corrected chi connectivity index (χ2v) is 5.48. The van der Waals surface area contributed by atoms with Crippen molar-refractivity contribution in [2.24, 2.45) is 5.73 Å². The summed E-state index contributed by atoms with van der Waals surface area (Å²) in [6, 6.07) is 10.6. The molecule has 0 aliphatic rings. The molecule has 1 aromatic carbocycles. The van der Waals surface area contributed by atoms with Crippen LogP contribution in [0.2, 0.25) is 0 Å². The van der Waals surface area contributed by atoms with Gasteiger partial charge in [-0.15, -0.1) is 11.3 Å². The molecule has 0 saturated carbocycles. The highest BCUT2D eigenvalue weighted by atomic mass is 32.1. The molecule has 20 heavy (non-hydrogen) atoms. The van der Waals surface area contributed by atoms with E-state index in [1.54, 1.807) is 7.11 Å². The Morgan fingerprint density at radius 2 is 2.15 bits per heavy atom. The Bertz CT molecular complexity index is 569. The SMILES string of the molecule is COc1cccc(C(C)NC(=O)C(N)c2cccs2)c1. The quantitative estimate of drug-likeness (QED) is 0.889. The molecule has 0 bridgehead atoms. The fraction of sp³-hybridized carbons (Fsp3) is 0.267.